The molecule has 0 bridgehead atoms. The number of carbonyl (C=O) groups excluding carboxylic acids is 1. The van der Waals surface area contributed by atoms with Crippen LogP contribution in [0.25, 0.3) is 6.08 Å². The van der Waals surface area contributed by atoms with Gasteiger partial charge in [-0.25, -0.2) is 0 Å². The Labute approximate surface area is 89.8 Å². The molecule has 3 nitrogen and oxygen atoms in total. The summed E-state index contributed by atoms with van der Waals surface area (Å²) in [6.07, 6.45) is 3.73. The third-order valence-electron chi connectivity index (χ3n) is 1.89. The summed E-state index contributed by atoms with van der Waals surface area (Å²) >= 11 is 0. The van der Waals surface area contributed by atoms with Gasteiger partial charge in [0.1, 0.15) is 6.61 Å². The van der Waals surface area contributed by atoms with Gasteiger partial charge < -0.3 is 10.1 Å². The number of benzene rings is 1. The van der Waals surface area contributed by atoms with Crippen LogP contribution < -0.4 is 5.32 Å². The fourth-order valence-electron chi connectivity index (χ4n) is 1.11. The predicted molar refractivity (Wildman–Crippen MR) is 61.7 cm³/mol. The highest BCUT2D eigenvalue weighted by Gasteiger charge is 1.89. The molecule has 0 fully saturated rings. The molecule has 0 heterocycles. The highest BCUT2D eigenvalue weighted by atomic mass is 16.5. The van der Waals surface area contributed by atoms with Crippen LogP contribution in [0.2, 0.25) is 0 Å². The minimum Gasteiger partial charge on any atom is -0.462 e. The topological polar surface area (TPSA) is 38.3 Å². The van der Waals surface area contributed by atoms with Gasteiger partial charge in [-0.05, 0) is 23.8 Å². The Balaban J connectivity index is 2.46. The lowest BCUT2D eigenvalue weighted by Crippen LogP contribution is -1.97. The van der Waals surface area contributed by atoms with Crippen molar-refractivity contribution in [2.75, 3.05) is 19.0 Å². The van der Waals surface area contributed by atoms with Crippen molar-refractivity contribution in [3.05, 3.63) is 35.9 Å². The third-order valence-corrected chi connectivity index (χ3v) is 1.89. The van der Waals surface area contributed by atoms with E-state index in [0.717, 1.165) is 11.3 Å². The molecular formula is C12H15NO2. The third kappa shape index (κ3) is 4.31. The van der Waals surface area contributed by atoms with Gasteiger partial charge in [0.15, 0.2) is 0 Å². The molecule has 1 aromatic carbocycles. The number of nitrogens with one attached hydrogen (secondary N) is 1. The molecule has 0 aliphatic carbocycles. The summed E-state index contributed by atoms with van der Waals surface area (Å²) < 4.78 is 4.77. The summed E-state index contributed by atoms with van der Waals surface area (Å²) in [5, 5.41) is 3.04. The zero-order valence-corrected chi connectivity index (χ0v) is 8.99. The molecule has 0 saturated heterocycles. The second kappa shape index (κ2) is 5.86. The second-order valence-corrected chi connectivity index (χ2v) is 3.08. The van der Waals surface area contributed by atoms with Gasteiger partial charge in [0.05, 0.1) is 0 Å². The van der Waals surface area contributed by atoms with Crippen molar-refractivity contribution in [2.45, 2.75) is 6.92 Å². The molecule has 1 rings (SSSR count). The van der Waals surface area contributed by atoms with Crippen molar-refractivity contribution in [3.63, 3.8) is 0 Å². The van der Waals surface area contributed by atoms with Crippen LogP contribution in [0.3, 0.4) is 0 Å². The van der Waals surface area contributed by atoms with E-state index in [-0.39, 0.29) is 5.97 Å². The van der Waals surface area contributed by atoms with Gasteiger partial charge in [0.2, 0.25) is 0 Å². The van der Waals surface area contributed by atoms with Crippen molar-refractivity contribution < 1.29 is 9.53 Å². The Hall–Kier alpha value is -1.77. The Morgan fingerprint density at radius 1 is 1.40 bits per heavy atom. The maximum atomic E-state index is 10.5. The molecule has 3 heteroatoms. The first-order valence-electron chi connectivity index (χ1n) is 4.80. The first-order valence-corrected chi connectivity index (χ1v) is 4.80. The van der Waals surface area contributed by atoms with E-state index in [1.807, 2.05) is 43.5 Å². The van der Waals surface area contributed by atoms with Crippen LogP contribution in [0, 0.1) is 0 Å². The fourth-order valence-corrected chi connectivity index (χ4v) is 1.11. The Morgan fingerprint density at radius 3 is 2.60 bits per heavy atom. The first kappa shape index (κ1) is 11.3. The summed E-state index contributed by atoms with van der Waals surface area (Å²) in [5.74, 6) is -0.259. The predicted octanol–water partition coefficient (Wildman–Crippen LogP) is 2.30. The summed E-state index contributed by atoms with van der Waals surface area (Å²) in [6.45, 7) is 1.72. The van der Waals surface area contributed by atoms with Crippen molar-refractivity contribution in [1.82, 2.24) is 0 Å². The molecule has 15 heavy (non-hydrogen) atoms. The lowest BCUT2D eigenvalue weighted by atomic mass is 10.2. The van der Waals surface area contributed by atoms with Gasteiger partial charge in [0.25, 0.3) is 0 Å². The second-order valence-electron chi connectivity index (χ2n) is 3.08. The van der Waals surface area contributed by atoms with Crippen LogP contribution >= 0.6 is 0 Å². The van der Waals surface area contributed by atoms with Crippen LogP contribution in [0.5, 0.6) is 0 Å². The quantitative estimate of drug-likeness (QED) is 0.766. The molecule has 0 spiro atoms. The molecular weight excluding hydrogens is 190 g/mol. The van der Waals surface area contributed by atoms with Crippen LogP contribution in [-0.2, 0) is 9.53 Å². The average Bonchev–Trinajstić information content (AvgIpc) is 2.25. The largest absolute Gasteiger partial charge is 0.462 e. The SMILES string of the molecule is CNc1ccc(/C=C/COC(C)=O)cc1. The number of anilines is 1. The minimum absolute atomic E-state index is 0.259. The van der Waals surface area contributed by atoms with Gasteiger partial charge in [0, 0.05) is 19.7 Å². The van der Waals surface area contributed by atoms with E-state index in [9.17, 15) is 4.79 Å². The van der Waals surface area contributed by atoms with Crippen LogP contribution in [0.1, 0.15) is 12.5 Å². The zero-order chi connectivity index (χ0) is 11.1. The van der Waals surface area contributed by atoms with Crippen LogP contribution in [0.4, 0.5) is 5.69 Å². The van der Waals surface area contributed by atoms with Crippen molar-refractivity contribution in [3.8, 4) is 0 Å². The summed E-state index contributed by atoms with van der Waals surface area (Å²) in [5.41, 5.74) is 2.16. The maximum absolute atomic E-state index is 10.5. The number of rotatable bonds is 4. The Bertz CT molecular complexity index is 341. The molecule has 80 valence electrons. The minimum atomic E-state index is -0.259. The smallest absolute Gasteiger partial charge is 0.302 e. The first-order chi connectivity index (χ1) is 7.22. The van der Waals surface area contributed by atoms with Crippen LogP contribution in [-0.4, -0.2) is 19.6 Å². The van der Waals surface area contributed by atoms with Gasteiger partial charge in [-0.2, -0.15) is 0 Å². The van der Waals surface area contributed by atoms with Gasteiger partial charge in [-0.15, -0.1) is 0 Å². The number of hydrogen-bond donors (Lipinski definition) is 1. The van der Waals surface area contributed by atoms with E-state index in [4.69, 9.17) is 4.74 Å². The molecule has 0 saturated carbocycles. The molecule has 0 aliphatic heterocycles. The zero-order valence-electron chi connectivity index (χ0n) is 8.99. The monoisotopic (exact) mass is 205 g/mol. The molecule has 1 aromatic rings. The summed E-state index contributed by atoms with van der Waals surface area (Å²) in [4.78, 5) is 10.5. The van der Waals surface area contributed by atoms with Crippen molar-refractivity contribution in [1.29, 1.82) is 0 Å². The number of esters is 1. The number of hydrogen-bond acceptors (Lipinski definition) is 3. The molecule has 0 unspecified atom stereocenters. The summed E-state index contributed by atoms with van der Waals surface area (Å²) in [7, 11) is 1.88. The van der Waals surface area contributed by atoms with E-state index in [1.54, 1.807) is 0 Å². The lowest BCUT2D eigenvalue weighted by molar-refractivity contribution is -0.139. The molecule has 0 amide bonds. The highest BCUT2D eigenvalue weighted by molar-refractivity contribution is 5.66. The van der Waals surface area contributed by atoms with E-state index >= 15 is 0 Å². The van der Waals surface area contributed by atoms with Gasteiger partial charge in [-0.1, -0.05) is 18.2 Å². The normalized spacial score (nSPS) is 10.3. The molecule has 0 atom stereocenters. The fraction of sp³-hybridized carbons (Fsp3) is 0.250. The molecule has 0 radical (unpaired) electrons. The van der Waals surface area contributed by atoms with E-state index in [0.29, 0.717) is 6.61 Å². The molecule has 1 N–H and O–H groups in total. The summed E-state index contributed by atoms with van der Waals surface area (Å²) in [6, 6.07) is 7.98. The lowest BCUT2D eigenvalue weighted by Gasteiger charge is -1.99. The van der Waals surface area contributed by atoms with Crippen molar-refractivity contribution in [2.24, 2.45) is 0 Å². The Kier molecular flexibility index (Phi) is 4.41. The van der Waals surface area contributed by atoms with E-state index in [2.05, 4.69) is 5.32 Å². The highest BCUT2D eigenvalue weighted by Crippen LogP contribution is 2.09. The number of ether oxygens (including phenoxy) is 1. The standard InChI is InChI=1S/C12H15NO2/c1-10(14)15-9-3-4-11-5-7-12(13-2)8-6-11/h3-8,13H,9H2,1-2H3/b4-3+. The average molecular weight is 205 g/mol. The van der Waals surface area contributed by atoms with E-state index < -0.39 is 0 Å². The van der Waals surface area contributed by atoms with Crippen molar-refractivity contribution >= 4 is 17.7 Å². The van der Waals surface area contributed by atoms with Gasteiger partial charge >= 0.3 is 5.97 Å². The van der Waals surface area contributed by atoms with Crippen LogP contribution in [0.15, 0.2) is 30.3 Å². The van der Waals surface area contributed by atoms with E-state index in [1.165, 1.54) is 6.92 Å². The molecule has 0 aliphatic rings. The maximum Gasteiger partial charge on any atom is 0.302 e. The Morgan fingerprint density at radius 2 is 2.07 bits per heavy atom. The number of carbonyl (C=O) groups is 1. The molecule has 0 aromatic heterocycles. The van der Waals surface area contributed by atoms with Gasteiger partial charge in [-0.3, -0.25) is 4.79 Å².